The maximum Gasteiger partial charge on any atom is 0.253 e. The van der Waals surface area contributed by atoms with Gasteiger partial charge in [-0.2, -0.15) is 0 Å². The standard InChI is InChI=1S/C28H25F3N4O4/c1-27(2,38)18-11-19(33-24(23(18)30)15-4-6-17(29)7-5-15)20(36)12-32-26(37)16-10-21(39-3)25-34-22(14-35(25)13-16)28(31)8-9-28/h4-7,10-11,13-14,38H,8-9,12H2,1-3H3,(H,32,37). The fourth-order valence-corrected chi connectivity index (χ4v) is 4.19. The molecule has 8 nitrogen and oxygen atoms in total. The van der Waals surface area contributed by atoms with E-state index in [9.17, 15) is 23.5 Å². The van der Waals surface area contributed by atoms with Crippen LogP contribution in [-0.4, -0.2) is 44.8 Å². The van der Waals surface area contributed by atoms with Crippen molar-refractivity contribution in [2.24, 2.45) is 0 Å². The lowest BCUT2D eigenvalue weighted by molar-refractivity contribution is 0.0742. The number of halogens is 3. The van der Waals surface area contributed by atoms with Gasteiger partial charge in [0.05, 0.1) is 30.5 Å². The van der Waals surface area contributed by atoms with Gasteiger partial charge in [0.25, 0.3) is 5.91 Å². The highest BCUT2D eigenvalue weighted by Crippen LogP contribution is 2.49. The number of nitrogens with zero attached hydrogens (tertiary/aromatic N) is 3. The van der Waals surface area contributed by atoms with Crippen LogP contribution in [0.5, 0.6) is 5.75 Å². The van der Waals surface area contributed by atoms with Crippen LogP contribution < -0.4 is 10.1 Å². The Hall–Kier alpha value is -4.25. The number of ether oxygens (including phenoxy) is 1. The molecular formula is C28H25F3N4O4. The van der Waals surface area contributed by atoms with E-state index in [-0.39, 0.29) is 39.5 Å². The number of imidazole rings is 1. The van der Waals surface area contributed by atoms with Crippen LogP contribution in [0, 0.1) is 11.6 Å². The summed E-state index contributed by atoms with van der Waals surface area (Å²) in [5.41, 5.74) is -2.79. The zero-order valence-electron chi connectivity index (χ0n) is 21.4. The van der Waals surface area contributed by atoms with E-state index < -0.39 is 41.1 Å². The molecule has 0 radical (unpaired) electrons. The molecule has 39 heavy (non-hydrogen) atoms. The number of fused-ring (bicyclic) bond motifs is 1. The van der Waals surface area contributed by atoms with Gasteiger partial charge < -0.3 is 19.6 Å². The van der Waals surface area contributed by atoms with E-state index in [4.69, 9.17) is 4.74 Å². The number of carbonyl (C=O) groups is 2. The third-order valence-electron chi connectivity index (χ3n) is 6.58. The number of aliphatic hydroxyl groups is 1. The molecule has 1 aliphatic rings. The monoisotopic (exact) mass is 538 g/mol. The van der Waals surface area contributed by atoms with Gasteiger partial charge in [0, 0.05) is 23.5 Å². The molecule has 1 amide bonds. The van der Waals surface area contributed by atoms with E-state index in [0.29, 0.717) is 18.5 Å². The average molecular weight is 539 g/mol. The van der Waals surface area contributed by atoms with Crippen molar-refractivity contribution < 1.29 is 32.6 Å². The molecule has 0 spiro atoms. The topological polar surface area (TPSA) is 106 Å². The second-order valence-corrected chi connectivity index (χ2v) is 10.0. The number of pyridine rings is 2. The SMILES string of the molecule is COc1cc(C(=O)NCC(=O)c2cc(C(C)(C)O)c(F)c(-c3ccc(F)cc3)n2)cn2cc(C3(F)CC3)nc12. The van der Waals surface area contributed by atoms with Crippen molar-refractivity contribution in [1.82, 2.24) is 19.7 Å². The van der Waals surface area contributed by atoms with E-state index in [1.165, 1.54) is 56.0 Å². The first-order valence-electron chi connectivity index (χ1n) is 12.2. The Kier molecular flexibility index (Phi) is 6.42. The Morgan fingerprint density at radius 3 is 2.44 bits per heavy atom. The Morgan fingerprint density at radius 1 is 1.13 bits per heavy atom. The summed E-state index contributed by atoms with van der Waals surface area (Å²) in [5.74, 6) is -2.40. The fraction of sp³-hybridized carbons (Fsp3) is 0.286. The van der Waals surface area contributed by atoms with Gasteiger partial charge in [-0.05, 0) is 63.1 Å². The van der Waals surface area contributed by atoms with E-state index >= 15 is 4.39 Å². The van der Waals surface area contributed by atoms with Crippen LogP contribution in [0.25, 0.3) is 16.9 Å². The van der Waals surface area contributed by atoms with Gasteiger partial charge in [-0.3, -0.25) is 9.59 Å². The number of nitrogens with one attached hydrogen (secondary N) is 1. The number of methoxy groups -OCH3 is 1. The van der Waals surface area contributed by atoms with Gasteiger partial charge in [0.1, 0.15) is 17.2 Å². The first kappa shape index (κ1) is 26.4. The Balaban J connectivity index is 1.41. The third kappa shape index (κ3) is 5.09. The highest BCUT2D eigenvalue weighted by molar-refractivity contribution is 6.01. The maximum absolute atomic E-state index is 15.3. The van der Waals surface area contributed by atoms with Crippen molar-refractivity contribution in [3.8, 4) is 17.0 Å². The minimum Gasteiger partial charge on any atom is -0.493 e. The second kappa shape index (κ2) is 9.49. The number of aromatic nitrogens is 3. The molecule has 1 fully saturated rings. The molecule has 3 heterocycles. The Morgan fingerprint density at radius 2 is 1.82 bits per heavy atom. The van der Waals surface area contributed by atoms with Crippen molar-refractivity contribution in [2.45, 2.75) is 38.0 Å². The van der Waals surface area contributed by atoms with E-state index in [1.807, 2.05) is 0 Å². The van der Waals surface area contributed by atoms with Crippen molar-refractivity contribution >= 4 is 17.3 Å². The van der Waals surface area contributed by atoms with E-state index in [0.717, 1.165) is 18.2 Å². The second-order valence-electron chi connectivity index (χ2n) is 10.0. The van der Waals surface area contributed by atoms with Crippen molar-refractivity contribution in [1.29, 1.82) is 0 Å². The summed E-state index contributed by atoms with van der Waals surface area (Å²) in [6.07, 6.45) is 3.72. The smallest absolute Gasteiger partial charge is 0.253 e. The lowest BCUT2D eigenvalue weighted by Crippen LogP contribution is -2.30. The van der Waals surface area contributed by atoms with Crippen molar-refractivity contribution in [2.75, 3.05) is 13.7 Å². The van der Waals surface area contributed by atoms with Crippen LogP contribution >= 0.6 is 0 Å². The molecule has 0 aliphatic heterocycles. The lowest BCUT2D eigenvalue weighted by atomic mass is 9.94. The lowest BCUT2D eigenvalue weighted by Gasteiger charge is -2.21. The number of carbonyl (C=O) groups excluding carboxylic acids is 2. The third-order valence-corrected chi connectivity index (χ3v) is 6.58. The predicted octanol–water partition coefficient (Wildman–Crippen LogP) is 4.48. The van der Waals surface area contributed by atoms with Gasteiger partial charge >= 0.3 is 0 Å². The molecule has 1 aromatic carbocycles. The zero-order valence-corrected chi connectivity index (χ0v) is 21.4. The Labute approximate surface area is 221 Å². The van der Waals surface area contributed by atoms with Crippen molar-refractivity contribution in [3.05, 3.63) is 82.9 Å². The minimum atomic E-state index is -1.66. The van der Waals surface area contributed by atoms with Crippen LogP contribution in [0.4, 0.5) is 13.2 Å². The van der Waals surface area contributed by atoms with Crippen LogP contribution in [0.2, 0.25) is 0 Å². The molecular weight excluding hydrogens is 513 g/mol. The first-order chi connectivity index (χ1) is 18.4. The Bertz CT molecular complexity index is 1610. The average Bonchev–Trinajstić information content (AvgIpc) is 3.49. The zero-order chi connectivity index (χ0) is 28.1. The fourth-order valence-electron chi connectivity index (χ4n) is 4.19. The highest BCUT2D eigenvalue weighted by atomic mass is 19.1. The van der Waals surface area contributed by atoms with Crippen LogP contribution in [0.15, 0.2) is 48.8 Å². The molecule has 4 aromatic rings. The van der Waals surface area contributed by atoms with E-state index in [2.05, 4.69) is 15.3 Å². The van der Waals surface area contributed by atoms with Gasteiger partial charge in [-0.25, -0.2) is 23.1 Å². The quantitative estimate of drug-likeness (QED) is 0.321. The number of benzene rings is 1. The molecule has 11 heteroatoms. The predicted molar refractivity (Wildman–Crippen MR) is 135 cm³/mol. The van der Waals surface area contributed by atoms with Gasteiger partial charge in [-0.1, -0.05) is 0 Å². The largest absolute Gasteiger partial charge is 0.493 e. The van der Waals surface area contributed by atoms with Crippen LogP contribution in [0.3, 0.4) is 0 Å². The molecule has 0 unspecified atom stereocenters. The summed E-state index contributed by atoms with van der Waals surface area (Å²) in [6.45, 7) is 2.22. The number of ketones is 1. The summed E-state index contributed by atoms with van der Waals surface area (Å²) in [4.78, 5) is 34.4. The summed E-state index contributed by atoms with van der Waals surface area (Å²) >= 11 is 0. The first-order valence-corrected chi connectivity index (χ1v) is 12.2. The molecule has 0 saturated heterocycles. The number of rotatable bonds is 8. The van der Waals surface area contributed by atoms with E-state index in [1.54, 1.807) is 0 Å². The van der Waals surface area contributed by atoms with Crippen LogP contribution in [0.1, 0.15) is 58.8 Å². The molecule has 3 aromatic heterocycles. The molecule has 5 rings (SSSR count). The highest BCUT2D eigenvalue weighted by Gasteiger charge is 2.47. The number of Topliss-reactive ketones (excluding diaryl/α,β-unsaturated/α-hetero) is 1. The molecule has 0 bridgehead atoms. The molecule has 1 saturated carbocycles. The molecule has 1 aliphatic carbocycles. The summed E-state index contributed by atoms with van der Waals surface area (Å²) in [6, 6.07) is 7.43. The van der Waals surface area contributed by atoms with Gasteiger partial charge in [-0.15, -0.1) is 0 Å². The van der Waals surface area contributed by atoms with Gasteiger partial charge in [0.15, 0.2) is 28.7 Å². The minimum absolute atomic E-state index is 0.135. The summed E-state index contributed by atoms with van der Waals surface area (Å²) in [5, 5.41) is 13.0. The summed E-state index contributed by atoms with van der Waals surface area (Å²) < 4.78 is 50.0. The molecule has 0 atom stereocenters. The van der Waals surface area contributed by atoms with Crippen LogP contribution in [-0.2, 0) is 11.3 Å². The molecule has 2 N–H and O–H groups in total. The normalized spacial score (nSPS) is 14.3. The number of amides is 1. The van der Waals surface area contributed by atoms with Gasteiger partial charge in [0.2, 0.25) is 0 Å². The maximum atomic E-state index is 15.3. The molecule has 202 valence electrons. The summed E-state index contributed by atoms with van der Waals surface area (Å²) in [7, 11) is 1.40. The number of alkyl halides is 1. The number of hydrogen-bond donors (Lipinski definition) is 2. The number of hydrogen-bond acceptors (Lipinski definition) is 6. The van der Waals surface area contributed by atoms with Crippen molar-refractivity contribution in [3.63, 3.8) is 0 Å².